The van der Waals surface area contributed by atoms with Crippen LogP contribution in [0.2, 0.25) is 0 Å². The fraction of sp³-hybridized carbons (Fsp3) is 0.556. The molecule has 0 spiro atoms. The van der Waals surface area contributed by atoms with Gasteiger partial charge in [-0.15, -0.1) is 0 Å². The fourth-order valence-corrected chi connectivity index (χ4v) is 2.88. The van der Waals surface area contributed by atoms with Gasteiger partial charge in [-0.1, -0.05) is 27.6 Å². The van der Waals surface area contributed by atoms with E-state index >= 15 is 0 Å². The zero-order valence-corrected chi connectivity index (χ0v) is 8.06. The molecule has 0 saturated carbocycles. The van der Waals surface area contributed by atoms with E-state index in [1.54, 1.807) is 0 Å². The Morgan fingerprint density at radius 1 is 1.73 bits per heavy atom. The average Bonchev–Trinajstić information content (AvgIpc) is 2.45. The average molecular weight is 215 g/mol. The van der Waals surface area contributed by atoms with Crippen LogP contribution in [0.15, 0.2) is 21.7 Å². The highest BCUT2D eigenvalue weighted by Gasteiger charge is 2.36. The molecule has 0 aromatic heterocycles. The Morgan fingerprint density at radius 2 is 2.45 bits per heavy atom. The minimum Gasteiger partial charge on any atom is -0.392 e. The molecule has 2 aliphatic carbocycles. The van der Waals surface area contributed by atoms with Crippen molar-refractivity contribution in [3.8, 4) is 0 Å². The first-order chi connectivity index (χ1) is 5.24. The minimum absolute atomic E-state index is 0.232. The van der Waals surface area contributed by atoms with Crippen LogP contribution in [0, 0.1) is 11.8 Å². The van der Waals surface area contributed by atoms with Crippen LogP contribution in [-0.4, -0.2) is 11.7 Å². The van der Waals surface area contributed by atoms with Crippen molar-refractivity contribution in [2.24, 2.45) is 11.8 Å². The molecule has 0 saturated heterocycles. The second-order valence-electron chi connectivity index (χ2n) is 3.31. The van der Waals surface area contributed by atoms with E-state index in [4.69, 9.17) is 5.11 Å². The van der Waals surface area contributed by atoms with Gasteiger partial charge in [-0.3, -0.25) is 0 Å². The summed E-state index contributed by atoms with van der Waals surface area (Å²) in [6, 6.07) is 0. The maximum absolute atomic E-state index is 9.07. The molecule has 1 nitrogen and oxygen atoms in total. The van der Waals surface area contributed by atoms with E-state index in [0.29, 0.717) is 11.8 Å². The lowest BCUT2D eigenvalue weighted by atomic mass is 9.99. The number of rotatable bonds is 1. The van der Waals surface area contributed by atoms with Gasteiger partial charge < -0.3 is 5.11 Å². The number of hydrogen-bond acceptors (Lipinski definition) is 1. The van der Waals surface area contributed by atoms with E-state index < -0.39 is 0 Å². The van der Waals surface area contributed by atoms with Crippen molar-refractivity contribution in [3.05, 3.63) is 21.7 Å². The second-order valence-corrected chi connectivity index (χ2v) is 4.23. The molecule has 2 aliphatic rings. The molecule has 2 bridgehead atoms. The quantitative estimate of drug-likeness (QED) is 0.665. The van der Waals surface area contributed by atoms with Crippen molar-refractivity contribution in [2.75, 3.05) is 6.61 Å². The number of hydrogen-bond donors (Lipinski definition) is 1. The zero-order chi connectivity index (χ0) is 8.01. The van der Waals surface area contributed by atoms with Crippen LogP contribution in [-0.2, 0) is 0 Å². The Balaban J connectivity index is 2.35. The van der Waals surface area contributed by atoms with Gasteiger partial charge in [0.05, 0.1) is 6.61 Å². The Morgan fingerprint density at radius 3 is 2.91 bits per heavy atom. The van der Waals surface area contributed by atoms with E-state index in [-0.39, 0.29) is 6.61 Å². The Kier molecular flexibility index (Phi) is 1.69. The zero-order valence-electron chi connectivity index (χ0n) is 6.47. The van der Waals surface area contributed by atoms with Crippen molar-refractivity contribution >= 4 is 15.9 Å². The molecule has 0 aliphatic heterocycles. The predicted molar refractivity (Wildman–Crippen MR) is 48.4 cm³/mol. The molecule has 0 amide bonds. The molecule has 0 heterocycles. The van der Waals surface area contributed by atoms with Crippen LogP contribution in [0.5, 0.6) is 0 Å². The van der Waals surface area contributed by atoms with Crippen LogP contribution >= 0.6 is 15.9 Å². The van der Waals surface area contributed by atoms with Gasteiger partial charge in [-0.25, -0.2) is 0 Å². The van der Waals surface area contributed by atoms with Gasteiger partial charge in [0.1, 0.15) is 0 Å². The van der Waals surface area contributed by atoms with Gasteiger partial charge >= 0.3 is 0 Å². The summed E-state index contributed by atoms with van der Waals surface area (Å²) in [4.78, 5) is 0. The summed E-state index contributed by atoms with van der Waals surface area (Å²) in [5.74, 6) is 1.11. The molecule has 0 radical (unpaired) electrons. The molecule has 60 valence electrons. The molecular formula is C9H11BrO. The number of allylic oxidation sites excluding steroid dienone is 3. The molecule has 0 aromatic carbocycles. The third-order valence-corrected chi connectivity index (χ3v) is 3.65. The maximum Gasteiger partial charge on any atom is 0.0650 e. The lowest BCUT2D eigenvalue weighted by Crippen LogP contribution is -2.03. The van der Waals surface area contributed by atoms with E-state index in [1.165, 1.54) is 22.0 Å². The van der Waals surface area contributed by atoms with Gasteiger partial charge in [0, 0.05) is 5.92 Å². The topological polar surface area (TPSA) is 20.2 Å². The monoisotopic (exact) mass is 214 g/mol. The van der Waals surface area contributed by atoms with Crippen LogP contribution in [0.25, 0.3) is 0 Å². The van der Waals surface area contributed by atoms with Gasteiger partial charge in [0.25, 0.3) is 0 Å². The molecule has 0 aromatic rings. The van der Waals surface area contributed by atoms with Crippen LogP contribution in [0.3, 0.4) is 0 Å². The van der Waals surface area contributed by atoms with Crippen molar-refractivity contribution < 1.29 is 5.11 Å². The second kappa shape index (κ2) is 2.46. The highest BCUT2D eigenvalue weighted by molar-refractivity contribution is 9.11. The summed E-state index contributed by atoms with van der Waals surface area (Å²) in [6.07, 6.45) is 3.45. The normalized spacial score (nSPS) is 35.0. The standard InChI is InChI=1S/C9H11BrO/c1-5-6-2-7(8(5)4-11)9(10)3-6/h3,6-7,11H,2,4H2,1H3. The van der Waals surface area contributed by atoms with Gasteiger partial charge in [0.15, 0.2) is 0 Å². The summed E-state index contributed by atoms with van der Waals surface area (Å²) in [5, 5.41) is 9.07. The summed E-state index contributed by atoms with van der Waals surface area (Å²) in [6.45, 7) is 2.36. The van der Waals surface area contributed by atoms with Crippen molar-refractivity contribution in [1.29, 1.82) is 0 Å². The largest absolute Gasteiger partial charge is 0.392 e. The van der Waals surface area contributed by atoms with E-state index in [0.717, 1.165) is 0 Å². The Hall–Kier alpha value is -0.0800. The molecule has 2 unspecified atom stereocenters. The van der Waals surface area contributed by atoms with E-state index in [2.05, 4.69) is 28.9 Å². The first kappa shape index (κ1) is 7.56. The predicted octanol–water partition coefficient (Wildman–Crippen LogP) is 2.22. The maximum atomic E-state index is 9.07. The number of fused-ring (bicyclic) bond motifs is 2. The Bertz CT molecular complexity index is 252. The van der Waals surface area contributed by atoms with Crippen molar-refractivity contribution in [1.82, 2.24) is 0 Å². The smallest absolute Gasteiger partial charge is 0.0650 e. The molecule has 2 atom stereocenters. The lowest BCUT2D eigenvalue weighted by Gasteiger charge is -2.13. The van der Waals surface area contributed by atoms with Crippen molar-refractivity contribution in [3.63, 3.8) is 0 Å². The first-order valence-electron chi connectivity index (χ1n) is 3.91. The lowest BCUT2D eigenvalue weighted by molar-refractivity contribution is 0.321. The molecule has 11 heavy (non-hydrogen) atoms. The number of halogens is 1. The highest BCUT2D eigenvalue weighted by atomic mass is 79.9. The molecule has 1 N–H and O–H groups in total. The van der Waals surface area contributed by atoms with Crippen LogP contribution in [0.1, 0.15) is 13.3 Å². The van der Waals surface area contributed by atoms with Gasteiger partial charge in [0.2, 0.25) is 0 Å². The third-order valence-electron chi connectivity index (χ3n) is 2.84. The fourth-order valence-electron chi connectivity index (χ4n) is 2.10. The molecule has 2 heteroatoms. The van der Waals surface area contributed by atoms with Crippen LogP contribution in [0.4, 0.5) is 0 Å². The number of aliphatic hydroxyl groups is 1. The first-order valence-corrected chi connectivity index (χ1v) is 4.71. The summed E-state index contributed by atoms with van der Waals surface area (Å²) < 4.78 is 1.28. The van der Waals surface area contributed by atoms with Crippen molar-refractivity contribution in [2.45, 2.75) is 13.3 Å². The van der Waals surface area contributed by atoms with E-state index in [1.807, 2.05) is 0 Å². The van der Waals surface area contributed by atoms with Gasteiger partial charge in [-0.05, 0) is 29.3 Å². The summed E-state index contributed by atoms with van der Waals surface area (Å²) in [7, 11) is 0. The number of aliphatic hydroxyl groups excluding tert-OH is 1. The molecular weight excluding hydrogens is 204 g/mol. The third kappa shape index (κ3) is 0.926. The van der Waals surface area contributed by atoms with Crippen LogP contribution < -0.4 is 0 Å². The highest BCUT2D eigenvalue weighted by Crippen LogP contribution is 2.49. The Labute approximate surface area is 74.9 Å². The molecule has 2 rings (SSSR count). The summed E-state index contributed by atoms with van der Waals surface area (Å²) >= 11 is 3.52. The summed E-state index contributed by atoms with van der Waals surface area (Å²) in [5.41, 5.74) is 2.63. The minimum atomic E-state index is 0.232. The van der Waals surface area contributed by atoms with Gasteiger partial charge in [-0.2, -0.15) is 0 Å². The van der Waals surface area contributed by atoms with E-state index in [9.17, 15) is 0 Å². The SMILES string of the molecule is CC1=C(CO)C2CC1C=C2Br. The molecule has 0 fully saturated rings.